The highest BCUT2D eigenvalue weighted by Crippen LogP contribution is 2.19. The predicted octanol–water partition coefficient (Wildman–Crippen LogP) is 0.458. The summed E-state index contributed by atoms with van der Waals surface area (Å²) in [5.41, 5.74) is -1.61. The summed E-state index contributed by atoms with van der Waals surface area (Å²) >= 11 is 1.05. The third kappa shape index (κ3) is 6.80. The Morgan fingerprint density at radius 1 is 1.28 bits per heavy atom. The van der Waals surface area contributed by atoms with Gasteiger partial charge < -0.3 is 14.0 Å². The fourth-order valence-electron chi connectivity index (χ4n) is 0.951. The molecule has 0 rings (SSSR count). The normalized spacial score (nSPS) is 15.6. The molecule has 2 unspecified atom stereocenters. The van der Waals surface area contributed by atoms with Crippen LogP contribution >= 0.6 is 12.0 Å². The minimum absolute atomic E-state index is 0.328. The average molecular weight is 282 g/mol. The summed E-state index contributed by atoms with van der Waals surface area (Å²) < 4.78 is 9.89. The monoisotopic (exact) mass is 282 g/mol. The Kier molecular flexibility index (Phi) is 7.92. The highest BCUT2D eigenvalue weighted by Gasteiger charge is 2.38. The highest BCUT2D eigenvalue weighted by atomic mass is 32.2. The van der Waals surface area contributed by atoms with Crippen LogP contribution in [-0.2, 0) is 28.3 Å². The molecule has 0 radical (unpaired) electrons. The molecule has 0 aliphatic carbocycles. The summed E-state index contributed by atoms with van der Waals surface area (Å²) in [4.78, 5) is 30.1. The lowest BCUT2D eigenvalue weighted by molar-refractivity contribution is -0.299. The van der Waals surface area contributed by atoms with Gasteiger partial charge in [-0.05, 0) is 19.0 Å². The van der Waals surface area contributed by atoms with E-state index in [0.29, 0.717) is 0 Å². The Morgan fingerprint density at radius 2 is 1.89 bits per heavy atom. The molecule has 0 aliphatic rings. The van der Waals surface area contributed by atoms with Crippen LogP contribution in [-0.4, -0.2) is 48.2 Å². The molecule has 0 saturated carbocycles. The highest BCUT2D eigenvalue weighted by molar-refractivity contribution is 7.93. The molecule has 0 bridgehead atoms. The third-order valence-corrected chi connectivity index (χ3v) is 2.49. The van der Waals surface area contributed by atoms with E-state index in [1.807, 2.05) is 0 Å². The van der Waals surface area contributed by atoms with E-state index in [0.717, 1.165) is 19.0 Å². The molecule has 2 atom stereocenters. The van der Waals surface area contributed by atoms with E-state index in [-0.39, 0.29) is 13.2 Å². The largest absolute Gasteiger partial charge is 0.463 e. The maximum Gasteiger partial charge on any atom is 0.339 e. The lowest BCUT2D eigenvalue weighted by Crippen LogP contribution is -2.50. The number of ether oxygens (including phenoxy) is 1. The molecule has 1 N–H and O–H groups in total. The fourth-order valence-corrected chi connectivity index (χ4v) is 1.42. The van der Waals surface area contributed by atoms with Crippen LogP contribution in [0.3, 0.4) is 0 Å². The summed E-state index contributed by atoms with van der Waals surface area (Å²) in [6, 6.07) is 0. The standard InChI is InChI=1S/C10H18O7S/c1-7(17-18-4)10(13,5-14-8(2)11)6-15-16-9(3)12/h7,13H,5-6H2,1-4H3. The van der Waals surface area contributed by atoms with Crippen LogP contribution in [0.4, 0.5) is 0 Å². The van der Waals surface area contributed by atoms with E-state index in [4.69, 9.17) is 8.92 Å². The lowest BCUT2D eigenvalue weighted by atomic mass is 10.0. The van der Waals surface area contributed by atoms with Gasteiger partial charge in [0.15, 0.2) is 5.60 Å². The van der Waals surface area contributed by atoms with Crippen molar-refractivity contribution < 1.29 is 33.4 Å². The van der Waals surface area contributed by atoms with Gasteiger partial charge in [0.25, 0.3) is 0 Å². The average Bonchev–Trinajstić information content (AvgIpc) is 2.26. The Morgan fingerprint density at radius 3 is 2.33 bits per heavy atom. The van der Waals surface area contributed by atoms with Crippen LogP contribution in [0.5, 0.6) is 0 Å². The first kappa shape index (κ1) is 17.2. The number of esters is 1. The molecule has 0 aromatic heterocycles. The minimum atomic E-state index is -1.61. The quantitative estimate of drug-likeness (QED) is 0.297. The van der Waals surface area contributed by atoms with E-state index in [2.05, 4.69) is 9.78 Å². The zero-order valence-electron chi connectivity index (χ0n) is 10.8. The van der Waals surface area contributed by atoms with Crippen molar-refractivity contribution in [2.75, 3.05) is 19.5 Å². The van der Waals surface area contributed by atoms with Gasteiger partial charge in [0.2, 0.25) is 0 Å². The SMILES string of the molecule is CSOC(C)C(O)(COOC(C)=O)COC(C)=O. The van der Waals surface area contributed by atoms with Gasteiger partial charge in [-0.15, -0.1) is 0 Å². The van der Waals surface area contributed by atoms with Crippen LogP contribution < -0.4 is 0 Å². The number of carbonyl (C=O) groups is 2. The Balaban J connectivity index is 4.46. The number of carbonyl (C=O) groups excluding carboxylic acids is 2. The fraction of sp³-hybridized carbons (Fsp3) is 0.800. The van der Waals surface area contributed by atoms with Gasteiger partial charge in [0, 0.05) is 20.1 Å². The second-order valence-corrected chi connectivity index (χ2v) is 4.15. The summed E-state index contributed by atoms with van der Waals surface area (Å²) in [5, 5.41) is 10.2. The number of hydrogen-bond donors (Lipinski definition) is 1. The molecule has 18 heavy (non-hydrogen) atoms. The zero-order chi connectivity index (χ0) is 14.2. The van der Waals surface area contributed by atoms with Crippen molar-refractivity contribution in [2.45, 2.75) is 32.5 Å². The molecular formula is C10H18O7S. The summed E-state index contributed by atoms with van der Waals surface area (Å²) in [5.74, 6) is -1.19. The molecule has 7 nitrogen and oxygen atoms in total. The first-order valence-electron chi connectivity index (χ1n) is 5.17. The number of rotatable bonds is 8. The van der Waals surface area contributed by atoms with Gasteiger partial charge in [-0.3, -0.25) is 9.68 Å². The maximum atomic E-state index is 10.7. The molecule has 0 saturated heterocycles. The molecule has 0 fully saturated rings. The van der Waals surface area contributed by atoms with Crippen molar-refractivity contribution in [1.29, 1.82) is 0 Å². The molecule has 0 heterocycles. The summed E-state index contributed by atoms with van der Waals surface area (Å²) in [7, 11) is 0. The second kappa shape index (κ2) is 8.30. The van der Waals surface area contributed by atoms with E-state index < -0.39 is 23.6 Å². The van der Waals surface area contributed by atoms with Gasteiger partial charge in [0.05, 0.1) is 0 Å². The second-order valence-electron chi connectivity index (χ2n) is 3.63. The van der Waals surface area contributed by atoms with Crippen LogP contribution in [0.1, 0.15) is 20.8 Å². The van der Waals surface area contributed by atoms with E-state index >= 15 is 0 Å². The first-order chi connectivity index (χ1) is 8.31. The number of aliphatic hydroxyl groups is 1. The minimum Gasteiger partial charge on any atom is -0.463 e. The van der Waals surface area contributed by atoms with Crippen molar-refractivity contribution in [3.63, 3.8) is 0 Å². The lowest BCUT2D eigenvalue weighted by Gasteiger charge is -2.31. The van der Waals surface area contributed by atoms with Crippen LogP contribution in [0.25, 0.3) is 0 Å². The van der Waals surface area contributed by atoms with Crippen molar-refractivity contribution >= 4 is 24.0 Å². The van der Waals surface area contributed by atoms with Crippen molar-refractivity contribution in [3.05, 3.63) is 0 Å². The molecule has 0 aliphatic heterocycles. The van der Waals surface area contributed by atoms with E-state index in [1.54, 1.807) is 13.2 Å². The van der Waals surface area contributed by atoms with Crippen LogP contribution in [0.15, 0.2) is 0 Å². The maximum absolute atomic E-state index is 10.7. The van der Waals surface area contributed by atoms with Gasteiger partial charge >= 0.3 is 11.9 Å². The predicted molar refractivity (Wildman–Crippen MR) is 63.4 cm³/mol. The molecular weight excluding hydrogens is 264 g/mol. The van der Waals surface area contributed by atoms with E-state index in [9.17, 15) is 14.7 Å². The van der Waals surface area contributed by atoms with Gasteiger partial charge in [0.1, 0.15) is 19.3 Å². The number of hydrogen-bond acceptors (Lipinski definition) is 8. The van der Waals surface area contributed by atoms with Gasteiger partial charge in [-0.1, -0.05) is 0 Å². The Hall–Kier alpha value is -0.830. The van der Waals surface area contributed by atoms with Gasteiger partial charge in [-0.2, -0.15) is 4.89 Å². The molecule has 0 aromatic rings. The third-order valence-electron chi connectivity index (χ3n) is 2.01. The van der Waals surface area contributed by atoms with Crippen LogP contribution in [0.2, 0.25) is 0 Å². The first-order valence-corrected chi connectivity index (χ1v) is 6.32. The smallest absolute Gasteiger partial charge is 0.339 e. The summed E-state index contributed by atoms with van der Waals surface area (Å²) in [6.45, 7) is 3.25. The Bertz CT molecular complexity index is 283. The topological polar surface area (TPSA) is 91.3 Å². The molecule has 0 amide bonds. The van der Waals surface area contributed by atoms with Gasteiger partial charge in [-0.25, -0.2) is 4.79 Å². The molecule has 106 valence electrons. The molecule has 0 spiro atoms. The molecule has 8 heteroatoms. The van der Waals surface area contributed by atoms with Crippen molar-refractivity contribution in [2.24, 2.45) is 0 Å². The zero-order valence-corrected chi connectivity index (χ0v) is 11.6. The van der Waals surface area contributed by atoms with Crippen molar-refractivity contribution in [1.82, 2.24) is 0 Å². The summed E-state index contributed by atoms with van der Waals surface area (Å²) in [6.07, 6.45) is 0.984. The molecule has 0 aromatic carbocycles. The van der Waals surface area contributed by atoms with E-state index in [1.165, 1.54) is 6.92 Å². The van der Waals surface area contributed by atoms with Crippen molar-refractivity contribution in [3.8, 4) is 0 Å². The Labute approximate surface area is 110 Å². The van der Waals surface area contributed by atoms with Crippen LogP contribution in [0, 0.1) is 0 Å².